The normalized spacial score (nSPS) is 17.4. The first kappa shape index (κ1) is 14.3. The van der Waals surface area contributed by atoms with E-state index in [0.717, 1.165) is 35.4 Å². The highest BCUT2D eigenvalue weighted by atomic mass is 16.5. The average molecular weight is 333 g/mol. The molecule has 124 valence electrons. The summed E-state index contributed by atoms with van der Waals surface area (Å²) in [6.45, 7) is 1.39. The van der Waals surface area contributed by atoms with Gasteiger partial charge in [0.05, 0.1) is 23.6 Å². The lowest BCUT2D eigenvalue weighted by atomic mass is 10.1. The summed E-state index contributed by atoms with van der Waals surface area (Å²) in [5, 5.41) is 4.07. The Balaban J connectivity index is 1.45. The highest BCUT2D eigenvalue weighted by Gasteiger charge is 2.24. The van der Waals surface area contributed by atoms with Crippen LogP contribution in [0.3, 0.4) is 0 Å². The first-order chi connectivity index (χ1) is 12.4. The van der Waals surface area contributed by atoms with E-state index in [-0.39, 0.29) is 5.92 Å². The van der Waals surface area contributed by atoms with Crippen molar-refractivity contribution < 1.29 is 9.26 Å². The molecule has 4 aromatic rings. The number of benzene rings is 1. The fraction of sp³-hybridized carbons (Fsp3) is 0.222. The van der Waals surface area contributed by atoms with Gasteiger partial charge in [0.25, 0.3) is 0 Å². The van der Waals surface area contributed by atoms with Gasteiger partial charge in [0.2, 0.25) is 11.7 Å². The second-order valence-electron chi connectivity index (χ2n) is 6.03. The number of ether oxygens (including phenoxy) is 1. The van der Waals surface area contributed by atoms with Crippen LogP contribution in [0, 0.1) is 0 Å². The molecule has 0 bridgehead atoms. The molecule has 1 aliphatic rings. The molecule has 25 heavy (non-hydrogen) atoms. The Labute approximate surface area is 143 Å². The van der Waals surface area contributed by atoms with Gasteiger partial charge < -0.3 is 9.26 Å². The van der Waals surface area contributed by atoms with Crippen LogP contribution in [0.1, 0.15) is 18.2 Å². The number of pyridine rings is 1. The third kappa shape index (κ3) is 2.49. The average Bonchev–Trinajstić information content (AvgIpc) is 3.40. The predicted molar refractivity (Wildman–Crippen MR) is 90.3 cm³/mol. The summed E-state index contributed by atoms with van der Waals surface area (Å²) >= 11 is 0. The highest BCUT2D eigenvalue weighted by Crippen LogP contribution is 2.26. The van der Waals surface area contributed by atoms with Crippen molar-refractivity contribution in [2.45, 2.75) is 12.3 Å². The van der Waals surface area contributed by atoms with Crippen molar-refractivity contribution in [3.8, 4) is 17.2 Å². The van der Waals surface area contributed by atoms with Crippen LogP contribution in [0.4, 0.5) is 0 Å². The zero-order valence-corrected chi connectivity index (χ0v) is 13.4. The molecule has 1 aliphatic heterocycles. The van der Waals surface area contributed by atoms with E-state index in [2.05, 4.69) is 20.1 Å². The summed E-state index contributed by atoms with van der Waals surface area (Å²) in [5.74, 6) is 2.18. The van der Waals surface area contributed by atoms with Gasteiger partial charge in [-0.3, -0.25) is 4.57 Å². The molecule has 5 rings (SSSR count). The van der Waals surface area contributed by atoms with Crippen molar-refractivity contribution in [1.29, 1.82) is 0 Å². The number of hydrogen-bond donors (Lipinski definition) is 0. The standard InChI is InChI=1S/C18H15N5O2/c1-2-4-15-14(3-1)20-11-23(15)16-6-5-12(9-19-16)17-21-18(25-22-17)13-7-8-24-10-13/h1-6,9,11,13H,7-8,10H2/t13-/m1/s1. The summed E-state index contributed by atoms with van der Waals surface area (Å²) in [6.07, 6.45) is 4.45. The van der Waals surface area contributed by atoms with Crippen molar-refractivity contribution in [2.24, 2.45) is 0 Å². The van der Waals surface area contributed by atoms with Crippen molar-refractivity contribution in [1.82, 2.24) is 24.7 Å². The van der Waals surface area contributed by atoms with Crippen LogP contribution in [0.25, 0.3) is 28.2 Å². The van der Waals surface area contributed by atoms with Crippen LogP contribution in [0.5, 0.6) is 0 Å². The lowest BCUT2D eigenvalue weighted by Crippen LogP contribution is -1.98. The largest absolute Gasteiger partial charge is 0.381 e. The molecule has 0 amide bonds. The second kappa shape index (κ2) is 5.78. The summed E-state index contributed by atoms with van der Waals surface area (Å²) in [6, 6.07) is 11.8. The number of rotatable bonds is 3. The van der Waals surface area contributed by atoms with Crippen LogP contribution in [-0.4, -0.2) is 37.9 Å². The molecule has 7 nitrogen and oxygen atoms in total. The second-order valence-corrected chi connectivity index (χ2v) is 6.03. The third-order valence-electron chi connectivity index (χ3n) is 4.43. The van der Waals surface area contributed by atoms with Gasteiger partial charge in [0, 0.05) is 18.4 Å². The maximum Gasteiger partial charge on any atom is 0.232 e. The molecule has 4 heterocycles. The first-order valence-corrected chi connectivity index (χ1v) is 8.19. The first-order valence-electron chi connectivity index (χ1n) is 8.19. The Morgan fingerprint density at radius 1 is 1.08 bits per heavy atom. The highest BCUT2D eigenvalue weighted by molar-refractivity contribution is 5.76. The van der Waals surface area contributed by atoms with Gasteiger partial charge in [0.15, 0.2) is 0 Å². The van der Waals surface area contributed by atoms with Crippen LogP contribution in [0.15, 0.2) is 53.4 Å². The molecule has 0 spiro atoms. The third-order valence-corrected chi connectivity index (χ3v) is 4.43. The minimum atomic E-state index is 0.200. The number of hydrogen-bond acceptors (Lipinski definition) is 6. The number of fused-ring (bicyclic) bond motifs is 1. The van der Waals surface area contributed by atoms with Gasteiger partial charge in [-0.25, -0.2) is 9.97 Å². The Hall–Kier alpha value is -3.06. The van der Waals surface area contributed by atoms with Crippen LogP contribution in [-0.2, 0) is 4.74 Å². The Kier molecular flexibility index (Phi) is 3.31. The monoisotopic (exact) mass is 333 g/mol. The minimum absolute atomic E-state index is 0.200. The summed E-state index contributed by atoms with van der Waals surface area (Å²) in [5.41, 5.74) is 2.78. The smallest absolute Gasteiger partial charge is 0.232 e. The molecule has 1 saturated heterocycles. The van der Waals surface area contributed by atoms with E-state index in [9.17, 15) is 0 Å². The van der Waals surface area contributed by atoms with Gasteiger partial charge >= 0.3 is 0 Å². The van der Waals surface area contributed by atoms with Gasteiger partial charge in [-0.2, -0.15) is 4.98 Å². The van der Waals surface area contributed by atoms with Crippen LogP contribution >= 0.6 is 0 Å². The van der Waals surface area contributed by atoms with E-state index in [1.165, 1.54) is 0 Å². The lowest BCUT2D eigenvalue weighted by Gasteiger charge is -2.03. The van der Waals surface area contributed by atoms with E-state index in [1.807, 2.05) is 41.0 Å². The van der Waals surface area contributed by atoms with E-state index in [0.29, 0.717) is 18.3 Å². The topological polar surface area (TPSA) is 78.9 Å². The Morgan fingerprint density at radius 3 is 2.88 bits per heavy atom. The SMILES string of the molecule is c1ccc2c(c1)ncn2-c1ccc(-c2noc([C@@H]3CCOC3)n2)cn1. The van der Waals surface area contributed by atoms with Crippen molar-refractivity contribution in [2.75, 3.05) is 13.2 Å². The summed E-state index contributed by atoms with van der Waals surface area (Å²) < 4.78 is 12.7. The predicted octanol–water partition coefficient (Wildman–Crippen LogP) is 2.97. The van der Waals surface area contributed by atoms with E-state index < -0.39 is 0 Å². The fourth-order valence-corrected chi connectivity index (χ4v) is 3.05. The number of nitrogens with zero attached hydrogens (tertiary/aromatic N) is 5. The van der Waals surface area contributed by atoms with Crippen molar-refractivity contribution >= 4 is 11.0 Å². The zero-order valence-electron chi connectivity index (χ0n) is 13.4. The molecule has 0 aliphatic carbocycles. The quantitative estimate of drug-likeness (QED) is 0.573. The molecule has 1 aromatic carbocycles. The van der Waals surface area contributed by atoms with E-state index in [1.54, 1.807) is 12.5 Å². The van der Waals surface area contributed by atoms with Crippen molar-refractivity contribution in [3.63, 3.8) is 0 Å². The fourth-order valence-electron chi connectivity index (χ4n) is 3.05. The van der Waals surface area contributed by atoms with Crippen LogP contribution < -0.4 is 0 Å². The summed E-state index contributed by atoms with van der Waals surface area (Å²) in [4.78, 5) is 13.4. The molecule has 0 unspecified atom stereocenters. The Morgan fingerprint density at radius 2 is 2.04 bits per heavy atom. The molecule has 3 aromatic heterocycles. The van der Waals surface area contributed by atoms with E-state index >= 15 is 0 Å². The van der Waals surface area contributed by atoms with E-state index in [4.69, 9.17) is 9.26 Å². The molecule has 0 radical (unpaired) electrons. The number of para-hydroxylation sites is 2. The minimum Gasteiger partial charge on any atom is -0.381 e. The lowest BCUT2D eigenvalue weighted by molar-refractivity contribution is 0.189. The molecular weight excluding hydrogens is 318 g/mol. The van der Waals surface area contributed by atoms with Crippen LogP contribution in [0.2, 0.25) is 0 Å². The molecule has 0 saturated carbocycles. The zero-order chi connectivity index (χ0) is 16.6. The number of aromatic nitrogens is 5. The van der Waals surface area contributed by atoms with Gasteiger partial charge in [0.1, 0.15) is 12.1 Å². The molecule has 1 atom stereocenters. The maximum absolute atomic E-state index is 5.38. The maximum atomic E-state index is 5.38. The Bertz CT molecular complexity index is 1020. The van der Waals surface area contributed by atoms with Gasteiger partial charge in [-0.15, -0.1) is 0 Å². The van der Waals surface area contributed by atoms with Crippen molar-refractivity contribution in [3.05, 3.63) is 54.8 Å². The van der Waals surface area contributed by atoms with Gasteiger partial charge in [-0.05, 0) is 30.7 Å². The molecule has 1 fully saturated rings. The van der Waals surface area contributed by atoms with Gasteiger partial charge in [-0.1, -0.05) is 17.3 Å². The molecule has 7 heteroatoms. The number of imidazole rings is 1. The summed E-state index contributed by atoms with van der Waals surface area (Å²) in [7, 11) is 0. The molecular formula is C18H15N5O2. The molecule has 0 N–H and O–H groups in total.